The Morgan fingerprint density at radius 2 is 1.74 bits per heavy atom. The van der Waals surface area contributed by atoms with E-state index in [0.717, 1.165) is 11.3 Å². The van der Waals surface area contributed by atoms with Crippen molar-refractivity contribution < 1.29 is 18.8 Å². The molecule has 6 nitrogen and oxygen atoms in total. The molecule has 2 N–H and O–H groups in total. The highest BCUT2D eigenvalue weighted by Gasteiger charge is 2.35. The van der Waals surface area contributed by atoms with Crippen molar-refractivity contribution in [1.82, 2.24) is 10.9 Å². The quantitative estimate of drug-likeness (QED) is 0.808. The Morgan fingerprint density at radius 3 is 2.41 bits per heavy atom. The van der Waals surface area contributed by atoms with Crippen molar-refractivity contribution in [2.24, 2.45) is 5.92 Å². The Balaban J connectivity index is 1.51. The van der Waals surface area contributed by atoms with E-state index in [2.05, 4.69) is 10.9 Å². The van der Waals surface area contributed by atoms with Crippen molar-refractivity contribution in [3.05, 3.63) is 65.5 Å². The maximum absolute atomic E-state index is 12.9. The molecule has 0 aromatic heterocycles. The van der Waals surface area contributed by atoms with Crippen LogP contribution in [0.5, 0.6) is 0 Å². The number of anilines is 1. The van der Waals surface area contributed by atoms with E-state index < -0.39 is 17.7 Å². The molecule has 1 atom stereocenters. The van der Waals surface area contributed by atoms with Crippen molar-refractivity contribution in [3.63, 3.8) is 0 Å². The van der Waals surface area contributed by atoms with Crippen LogP contribution < -0.4 is 15.8 Å². The van der Waals surface area contributed by atoms with Crippen LogP contribution in [-0.2, 0) is 20.8 Å². The zero-order valence-corrected chi connectivity index (χ0v) is 14.9. The predicted molar refractivity (Wildman–Crippen MR) is 98.0 cm³/mol. The number of aryl methyl sites for hydroxylation is 1. The summed E-state index contributed by atoms with van der Waals surface area (Å²) in [5, 5.41) is 0. The zero-order chi connectivity index (χ0) is 19.4. The topological polar surface area (TPSA) is 78.5 Å². The van der Waals surface area contributed by atoms with Crippen LogP contribution in [-0.4, -0.2) is 24.3 Å². The molecule has 1 aliphatic heterocycles. The van der Waals surface area contributed by atoms with Crippen LogP contribution in [0.25, 0.3) is 0 Å². The number of halogens is 1. The van der Waals surface area contributed by atoms with Gasteiger partial charge in [0.25, 0.3) is 0 Å². The maximum atomic E-state index is 12.9. The predicted octanol–water partition coefficient (Wildman–Crippen LogP) is 1.88. The summed E-state index contributed by atoms with van der Waals surface area (Å²) in [5.74, 6) is -1.88. The van der Waals surface area contributed by atoms with Gasteiger partial charge >= 0.3 is 0 Å². The van der Waals surface area contributed by atoms with Gasteiger partial charge in [-0.2, -0.15) is 0 Å². The number of hydrogen-bond donors (Lipinski definition) is 2. The summed E-state index contributed by atoms with van der Waals surface area (Å²) in [4.78, 5) is 38.0. The molecule has 1 saturated heterocycles. The second-order valence-electron chi connectivity index (χ2n) is 6.58. The van der Waals surface area contributed by atoms with Gasteiger partial charge in [0.1, 0.15) is 5.82 Å². The SMILES string of the molecule is Cc1ccc(N2CC(C(=O)NNC(=O)Cc3ccc(F)cc3)CC2=O)cc1. The van der Waals surface area contributed by atoms with Gasteiger partial charge in [0, 0.05) is 18.7 Å². The molecule has 3 rings (SSSR count). The Kier molecular flexibility index (Phi) is 5.49. The minimum Gasteiger partial charge on any atom is -0.312 e. The molecule has 1 heterocycles. The lowest BCUT2D eigenvalue weighted by Gasteiger charge is -2.17. The first kappa shape index (κ1) is 18.6. The lowest BCUT2D eigenvalue weighted by atomic mass is 10.1. The van der Waals surface area contributed by atoms with E-state index in [9.17, 15) is 18.8 Å². The molecule has 1 fully saturated rings. The highest BCUT2D eigenvalue weighted by Crippen LogP contribution is 2.25. The minimum atomic E-state index is -0.537. The Labute approximate surface area is 156 Å². The van der Waals surface area contributed by atoms with Gasteiger partial charge in [-0.15, -0.1) is 0 Å². The number of hydrogen-bond acceptors (Lipinski definition) is 3. The number of nitrogens with zero attached hydrogens (tertiary/aromatic N) is 1. The van der Waals surface area contributed by atoms with Crippen LogP contribution >= 0.6 is 0 Å². The average molecular weight is 369 g/mol. The van der Waals surface area contributed by atoms with E-state index in [1.807, 2.05) is 31.2 Å². The highest BCUT2D eigenvalue weighted by atomic mass is 19.1. The molecule has 0 radical (unpaired) electrons. The van der Waals surface area contributed by atoms with Crippen LogP contribution in [0.15, 0.2) is 48.5 Å². The van der Waals surface area contributed by atoms with Crippen LogP contribution in [0, 0.1) is 18.7 Å². The molecule has 0 bridgehead atoms. The van der Waals surface area contributed by atoms with Crippen molar-refractivity contribution in [2.45, 2.75) is 19.8 Å². The number of benzene rings is 2. The second-order valence-corrected chi connectivity index (χ2v) is 6.58. The summed E-state index contributed by atoms with van der Waals surface area (Å²) < 4.78 is 12.9. The fourth-order valence-electron chi connectivity index (χ4n) is 2.92. The molecular weight excluding hydrogens is 349 g/mol. The van der Waals surface area contributed by atoms with Crippen molar-refractivity contribution in [3.8, 4) is 0 Å². The average Bonchev–Trinajstić information content (AvgIpc) is 3.04. The van der Waals surface area contributed by atoms with Crippen molar-refractivity contribution in [1.29, 1.82) is 0 Å². The number of carbonyl (C=O) groups is 3. The van der Waals surface area contributed by atoms with E-state index in [0.29, 0.717) is 5.56 Å². The normalized spacial score (nSPS) is 16.3. The molecule has 140 valence electrons. The number of hydrazine groups is 1. The van der Waals surface area contributed by atoms with Gasteiger partial charge in [0.2, 0.25) is 17.7 Å². The van der Waals surface area contributed by atoms with Gasteiger partial charge in [-0.25, -0.2) is 4.39 Å². The first-order valence-corrected chi connectivity index (χ1v) is 8.62. The highest BCUT2D eigenvalue weighted by molar-refractivity contribution is 6.00. The van der Waals surface area contributed by atoms with E-state index in [1.54, 1.807) is 4.90 Å². The summed E-state index contributed by atoms with van der Waals surface area (Å²) in [5.41, 5.74) is 7.17. The molecule has 1 unspecified atom stereocenters. The number of nitrogens with one attached hydrogen (secondary N) is 2. The fourth-order valence-corrected chi connectivity index (χ4v) is 2.92. The molecule has 0 saturated carbocycles. The smallest absolute Gasteiger partial charge is 0.243 e. The van der Waals surface area contributed by atoms with Gasteiger partial charge in [-0.3, -0.25) is 25.2 Å². The summed E-state index contributed by atoms with van der Waals surface area (Å²) in [6.45, 7) is 2.22. The molecule has 1 aliphatic rings. The molecule has 2 aromatic rings. The molecule has 0 aliphatic carbocycles. The largest absolute Gasteiger partial charge is 0.312 e. The summed E-state index contributed by atoms with van der Waals surface area (Å²) >= 11 is 0. The van der Waals surface area contributed by atoms with Gasteiger partial charge in [-0.1, -0.05) is 29.8 Å². The van der Waals surface area contributed by atoms with E-state index in [4.69, 9.17) is 0 Å². The van der Waals surface area contributed by atoms with Crippen molar-refractivity contribution >= 4 is 23.4 Å². The van der Waals surface area contributed by atoms with Crippen LogP contribution in [0.2, 0.25) is 0 Å². The van der Waals surface area contributed by atoms with Gasteiger partial charge in [0.15, 0.2) is 0 Å². The lowest BCUT2D eigenvalue weighted by Crippen LogP contribution is -2.45. The van der Waals surface area contributed by atoms with Gasteiger partial charge < -0.3 is 4.90 Å². The van der Waals surface area contributed by atoms with Crippen LogP contribution in [0.1, 0.15) is 17.5 Å². The summed E-state index contributed by atoms with van der Waals surface area (Å²) in [7, 11) is 0. The molecule has 3 amide bonds. The molecule has 7 heteroatoms. The third-order valence-electron chi connectivity index (χ3n) is 4.44. The van der Waals surface area contributed by atoms with Gasteiger partial charge in [0.05, 0.1) is 12.3 Å². The Bertz CT molecular complexity index is 850. The first-order valence-electron chi connectivity index (χ1n) is 8.62. The summed E-state index contributed by atoms with van der Waals surface area (Å²) in [6, 6.07) is 13.1. The first-order chi connectivity index (χ1) is 12.9. The summed E-state index contributed by atoms with van der Waals surface area (Å²) in [6.07, 6.45) is 0.104. The van der Waals surface area contributed by atoms with Crippen LogP contribution in [0.4, 0.5) is 10.1 Å². The standard InChI is InChI=1S/C20H20FN3O3/c1-13-2-8-17(9-3-13)24-12-15(11-19(24)26)20(27)23-22-18(25)10-14-4-6-16(21)7-5-14/h2-9,15H,10-12H2,1H3,(H,22,25)(H,23,27). The minimum absolute atomic E-state index is 0.0135. The van der Waals surface area contributed by atoms with Crippen LogP contribution in [0.3, 0.4) is 0 Å². The van der Waals surface area contributed by atoms with E-state index in [-0.39, 0.29) is 31.1 Å². The number of amides is 3. The number of carbonyl (C=O) groups excluding carboxylic acids is 3. The Hall–Kier alpha value is -3.22. The monoisotopic (exact) mass is 369 g/mol. The molecule has 2 aromatic carbocycles. The third kappa shape index (κ3) is 4.69. The van der Waals surface area contributed by atoms with E-state index >= 15 is 0 Å². The maximum Gasteiger partial charge on any atom is 0.243 e. The zero-order valence-electron chi connectivity index (χ0n) is 14.9. The molecule has 27 heavy (non-hydrogen) atoms. The van der Waals surface area contributed by atoms with Crippen molar-refractivity contribution in [2.75, 3.05) is 11.4 Å². The second kappa shape index (κ2) is 7.99. The van der Waals surface area contributed by atoms with E-state index in [1.165, 1.54) is 24.3 Å². The Morgan fingerprint density at radius 1 is 1.07 bits per heavy atom. The number of rotatable bonds is 4. The fraction of sp³-hybridized carbons (Fsp3) is 0.250. The molecule has 0 spiro atoms. The third-order valence-corrected chi connectivity index (χ3v) is 4.44. The molecular formula is C20H20FN3O3. The van der Waals surface area contributed by atoms with Gasteiger partial charge in [-0.05, 0) is 36.8 Å². The lowest BCUT2D eigenvalue weighted by molar-refractivity contribution is -0.131.